The van der Waals surface area contributed by atoms with Crippen molar-refractivity contribution in [3.63, 3.8) is 0 Å². The lowest BCUT2D eigenvalue weighted by Gasteiger charge is -2.29. The predicted octanol–water partition coefficient (Wildman–Crippen LogP) is 3.78. The van der Waals surface area contributed by atoms with E-state index in [1.54, 1.807) is 50.6 Å². The molecule has 1 atom stereocenters. The summed E-state index contributed by atoms with van der Waals surface area (Å²) < 4.78 is 16.3. The van der Waals surface area contributed by atoms with Gasteiger partial charge in [-0.25, -0.2) is 0 Å². The highest BCUT2D eigenvalue weighted by Gasteiger charge is 2.47. The summed E-state index contributed by atoms with van der Waals surface area (Å²) in [5, 5.41) is 11.4. The highest BCUT2D eigenvalue weighted by Crippen LogP contribution is 2.44. The largest absolute Gasteiger partial charge is 0.507 e. The summed E-state index contributed by atoms with van der Waals surface area (Å²) in [4.78, 5) is 30.3. The summed E-state index contributed by atoms with van der Waals surface area (Å²) in [6.45, 7) is 8.48. The molecule has 1 aliphatic rings. The topological polar surface area (TPSA) is 88.5 Å². The molecule has 8 heteroatoms. The Balaban J connectivity index is 2.21. The van der Waals surface area contributed by atoms with E-state index in [-0.39, 0.29) is 11.3 Å². The first-order valence-electron chi connectivity index (χ1n) is 11.7. The SMILES string of the molecule is CCN(CC)CCN1C(=O)C(=O)C(=C(O)c2ccc(OC)c(C)c2)C1c1cc(OC)ccc1OC. The normalized spacial score (nSPS) is 17.2. The maximum atomic E-state index is 13.3. The second-order valence-electron chi connectivity index (χ2n) is 8.31. The summed E-state index contributed by atoms with van der Waals surface area (Å²) >= 11 is 0. The van der Waals surface area contributed by atoms with Gasteiger partial charge in [0.1, 0.15) is 23.0 Å². The van der Waals surface area contributed by atoms with E-state index < -0.39 is 17.7 Å². The molecule has 35 heavy (non-hydrogen) atoms. The number of likely N-dealkylation sites (N-methyl/N-ethyl adjacent to an activating group) is 1. The Bertz CT molecular complexity index is 1120. The van der Waals surface area contributed by atoms with Crippen molar-refractivity contribution in [2.45, 2.75) is 26.8 Å². The Hall–Kier alpha value is -3.52. The molecule has 1 unspecified atom stereocenters. The standard InChI is InChI=1S/C27H34N2O6/c1-7-28(8-2)13-14-29-24(20-16-19(33-4)10-12-22(20)35-6)23(26(31)27(29)32)25(30)18-9-11-21(34-5)17(3)15-18/h9-12,15-16,24,30H,7-8,13-14H2,1-6H3. The second-order valence-corrected chi connectivity index (χ2v) is 8.31. The van der Waals surface area contributed by atoms with Crippen LogP contribution in [-0.2, 0) is 9.59 Å². The zero-order chi connectivity index (χ0) is 25.7. The fourth-order valence-corrected chi connectivity index (χ4v) is 4.46. The number of aliphatic hydroxyl groups is 1. The molecule has 188 valence electrons. The fourth-order valence-electron chi connectivity index (χ4n) is 4.46. The number of rotatable bonds is 10. The number of carbonyl (C=O) groups is 2. The molecule has 1 N–H and O–H groups in total. The third-order valence-electron chi connectivity index (χ3n) is 6.49. The smallest absolute Gasteiger partial charge is 0.295 e. The van der Waals surface area contributed by atoms with E-state index >= 15 is 0 Å². The molecule has 2 aromatic carbocycles. The van der Waals surface area contributed by atoms with Crippen LogP contribution in [0.15, 0.2) is 42.0 Å². The third-order valence-corrected chi connectivity index (χ3v) is 6.49. The number of aliphatic hydroxyl groups excluding tert-OH is 1. The van der Waals surface area contributed by atoms with Gasteiger partial charge in [0.2, 0.25) is 0 Å². The number of methoxy groups -OCH3 is 3. The number of nitrogens with zero attached hydrogens (tertiary/aromatic N) is 2. The van der Waals surface area contributed by atoms with Gasteiger partial charge in [-0.3, -0.25) is 9.59 Å². The van der Waals surface area contributed by atoms with Gasteiger partial charge in [-0.1, -0.05) is 13.8 Å². The summed E-state index contributed by atoms with van der Waals surface area (Å²) in [6.07, 6.45) is 0. The first-order valence-corrected chi connectivity index (χ1v) is 11.7. The third kappa shape index (κ3) is 5.12. The number of aryl methyl sites for hydroxylation is 1. The van der Waals surface area contributed by atoms with Gasteiger partial charge in [-0.2, -0.15) is 0 Å². The molecular weight excluding hydrogens is 448 g/mol. The molecule has 1 heterocycles. The molecule has 0 aliphatic carbocycles. The van der Waals surface area contributed by atoms with Crippen molar-refractivity contribution in [3.8, 4) is 17.2 Å². The first kappa shape index (κ1) is 26.1. The van der Waals surface area contributed by atoms with Crippen molar-refractivity contribution >= 4 is 17.4 Å². The van der Waals surface area contributed by atoms with Gasteiger partial charge in [-0.05, 0) is 62.0 Å². The summed E-state index contributed by atoms with van der Waals surface area (Å²) in [5.74, 6) is 0.0727. The molecule has 0 bridgehead atoms. The molecule has 1 amide bonds. The first-order chi connectivity index (χ1) is 16.8. The van der Waals surface area contributed by atoms with Crippen LogP contribution in [0.4, 0.5) is 0 Å². The molecule has 8 nitrogen and oxygen atoms in total. The number of Topliss-reactive ketones (excluding diaryl/α,β-unsaturated/α-hetero) is 1. The average molecular weight is 483 g/mol. The van der Waals surface area contributed by atoms with E-state index in [0.29, 0.717) is 41.5 Å². The molecule has 1 aliphatic heterocycles. The van der Waals surface area contributed by atoms with Crippen LogP contribution in [0.2, 0.25) is 0 Å². The summed E-state index contributed by atoms with van der Waals surface area (Å²) in [5.41, 5.74) is 1.81. The maximum absolute atomic E-state index is 13.3. The Morgan fingerprint density at radius 1 is 0.971 bits per heavy atom. The number of amides is 1. The minimum atomic E-state index is -0.835. The van der Waals surface area contributed by atoms with Crippen LogP contribution in [0.5, 0.6) is 17.2 Å². The number of hydrogen-bond donors (Lipinski definition) is 1. The van der Waals surface area contributed by atoms with Crippen LogP contribution in [0, 0.1) is 6.92 Å². The Labute approximate surface area is 206 Å². The highest BCUT2D eigenvalue weighted by molar-refractivity contribution is 6.46. The number of hydrogen-bond acceptors (Lipinski definition) is 7. The molecule has 3 rings (SSSR count). The van der Waals surface area contributed by atoms with Gasteiger partial charge in [0.15, 0.2) is 0 Å². The molecule has 2 aromatic rings. The lowest BCUT2D eigenvalue weighted by atomic mass is 9.94. The van der Waals surface area contributed by atoms with Crippen LogP contribution in [0.25, 0.3) is 5.76 Å². The van der Waals surface area contributed by atoms with Crippen molar-refractivity contribution in [1.82, 2.24) is 9.80 Å². The summed E-state index contributed by atoms with van der Waals surface area (Å²) in [7, 11) is 4.64. The molecule has 0 aromatic heterocycles. The van der Waals surface area contributed by atoms with Gasteiger partial charge in [0.05, 0.1) is 32.9 Å². The van der Waals surface area contributed by atoms with Crippen LogP contribution in [-0.4, -0.2) is 74.1 Å². The lowest BCUT2D eigenvalue weighted by Crippen LogP contribution is -2.38. The second kappa shape index (κ2) is 11.3. The van der Waals surface area contributed by atoms with Crippen LogP contribution < -0.4 is 14.2 Å². The number of ketones is 1. The van der Waals surface area contributed by atoms with Crippen LogP contribution in [0.3, 0.4) is 0 Å². The molecule has 0 radical (unpaired) electrons. The zero-order valence-corrected chi connectivity index (χ0v) is 21.3. The van der Waals surface area contributed by atoms with Crippen LogP contribution >= 0.6 is 0 Å². The maximum Gasteiger partial charge on any atom is 0.295 e. The Morgan fingerprint density at radius 3 is 2.20 bits per heavy atom. The van der Waals surface area contributed by atoms with Gasteiger partial charge >= 0.3 is 0 Å². The monoisotopic (exact) mass is 482 g/mol. The van der Waals surface area contributed by atoms with E-state index in [0.717, 1.165) is 18.7 Å². The quantitative estimate of drug-likeness (QED) is 0.313. The van der Waals surface area contributed by atoms with E-state index in [9.17, 15) is 14.7 Å². The Kier molecular flexibility index (Phi) is 8.40. The van der Waals surface area contributed by atoms with Crippen molar-refractivity contribution in [3.05, 3.63) is 58.7 Å². The van der Waals surface area contributed by atoms with Gasteiger partial charge in [0, 0.05) is 24.2 Å². The molecular formula is C27H34N2O6. The van der Waals surface area contributed by atoms with Gasteiger partial charge < -0.3 is 29.1 Å². The van der Waals surface area contributed by atoms with Crippen molar-refractivity contribution < 1.29 is 28.9 Å². The van der Waals surface area contributed by atoms with Crippen molar-refractivity contribution in [2.24, 2.45) is 0 Å². The fraction of sp³-hybridized carbons (Fsp3) is 0.407. The summed E-state index contributed by atoms with van der Waals surface area (Å²) in [6, 6.07) is 9.52. The molecule has 1 saturated heterocycles. The van der Waals surface area contributed by atoms with Gasteiger partial charge in [-0.15, -0.1) is 0 Å². The van der Waals surface area contributed by atoms with E-state index in [4.69, 9.17) is 14.2 Å². The number of carbonyl (C=O) groups excluding carboxylic acids is 2. The Morgan fingerprint density at radius 2 is 1.63 bits per heavy atom. The van der Waals surface area contributed by atoms with Crippen molar-refractivity contribution in [1.29, 1.82) is 0 Å². The minimum absolute atomic E-state index is 0.0191. The molecule has 0 spiro atoms. The minimum Gasteiger partial charge on any atom is -0.507 e. The predicted molar refractivity (Wildman–Crippen MR) is 134 cm³/mol. The number of ether oxygens (including phenoxy) is 3. The van der Waals surface area contributed by atoms with E-state index in [1.807, 2.05) is 20.8 Å². The van der Waals surface area contributed by atoms with Gasteiger partial charge in [0.25, 0.3) is 11.7 Å². The lowest BCUT2D eigenvalue weighted by molar-refractivity contribution is -0.140. The highest BCUT2D eigenvalue weighted by atomic mass is 16.5. The molecule has 1 fully saturated rings. The van der Waals surface area contributed by atoms with Crippen LogP contribution in [0.1, 0.15) is 36.6 Å². The number of likely N-dealkylation sites (tertiary alicyclic amines) is 1. The van der Waals surface area contributed by atoms with E-state index in [1.165, 1.54) is 12.0 Å². The number of benzene rings is 2. The zero-order valence-electron chi connectivity index (χ0n) is 21.3. The average Bonchev–Trinajstić information content (AvgIpc) is 3.13. The van der Waals surface area contributed by atoms with Crippen molar-refractivity contribution in [2.75, 3.05) is 47.5 Å². The van der Waals surface area contributed by atoms with E-state index in [2.05, 4.69) is 4.90 Å². The molecule has 0 saturated carbocycles.